The second-order valence-electron chi connectivity index (χ2n) is 6.59. The molecule has 0 spiro atoms. The van der Waals surface area contributed by atoms with Gasteiger partial charge in [-0.3, -0.25) is 9.59 Å². The minimum atomic E-state index is -0.258. The number of benzene rings is 2. The Balaban J connectivity index is 1.65. The highest BCUT2D eigenvalue weighted by Gasteiger charge is 2.18. The zero-order valence-corrected chi connectivity index (χ0v) is 14.8. The lowest BCUT2D eigenvalue weighted by molar-refractivity contribution is -0.111. The molecule has 2 amide bonds. The summed E-state index contributed by atoms with van der Waals surface area (Å²) in [6, 6.07) is 17.0. The molecule has 1 aliphatic rings. The number of carbonyl (C=O) groups excluding carboxylic acids is 2. The highest BCUT2D eigenvalue weighted by Crippen LogP contribution is 2.20. The van der Waals surface area contributed by atoms with Crippen LogP contribution in [0.4, 0.5) is 5.69 Å². The van der Waals surface area contributed by atoms with E-state index in [0.717, 1.165) is 31.2 Å². The summed E-state index contributed by atoms with van der Waals surface area (Å²) < 4.78 is 0. The van der Waals surface area contributed by atoms with E-state index < -0.39 is 0 Å². The van der Waals surface area contributed by atoms with Crippen molar-refractivity contribution >= 4 is 23.6 Å². The van der Waals surface area contributed by atoms with Gasteiger partial charge in [-0.1, -0.05) is 61.7 Å². The van der Waals surface area contributed by atoms with Crippen LogP contribution in [0, 0.1) is 0 Å². The maximum absolute atomic E-state index is 12.6. The Bertz CT molecular complexity index is 778. The average molecular weight is 348 g/mol. The Morgan fingerprint density at radius 3 is 2.35 bits per heavy atom. The zero-order chi connectivity index (χ0) is 18.2. The Hall–Kier alpha value is -2.88. The van der Waals surface area contributed by atoms with Gasteiger partial charge in [-0.05, 0) is 36.6 Å². The van der Waals surface area contributed by atoms with E-state index in [1.165, 1.54) is 12.5 Å². The molecule has 26 heavy (non-hydrogen) atoms. The molecule has 0 radical (unpaired) electrons. The summed E-state index contributed by atoms with van der Waals surface area (Å²) in [5, 5.41) is 5.91. The average Bonchev–Trinajstić information content (AvgIpc) is 2.68. The number of nitrogens with one attached hydrogen (secondary N) is 2. The van der Waals surface area contributed by atoms with Crippen LogP contribution in [-0.2, 0) is 4.79 Å². The zero-order valence-electron chi connectivity index (χ0n) is 14.8. The van der Waals surface area contributed by atoms with Gasteiger partial charge in [0.15, 0.2) is 0 Å². The van der Waals surface area contributed by atoms with Gasteiger partial charge in [0.25, 0.3) is 5.91 Å². The van der Waals surface area contributed by atoms with Crippen molar-refractivity contribution in [1.29, 1.82) is 0 Å². The fourth-order valence-electron chi connectivity index (χ4n) is 3.21. The van der Waals surface area contributed by atoms with Crippen LogP contribution < -0.4 is 10.6 Å². The van der Waals surface area contributed by atoms with Crippen LogP contribution >= 0.6 is 0 Å². The van der Waals surface area contributed by atoms with Gasteiger partial charge in [0.05, 0.1) is 11.3 Å². The largest absolute Gasteiger partial charge is 0.349 e. The Kier molecular flexibility index (Phi) is 6.20. The Labute approximate surface area is 154 Å². The van der Waals surface area contributed by atoms with Crippen molar-refractivity contribution in [2.24, 2.45) is 0 Å². The van der Waals surface area contributed by atoms with Gasteiger partial charge in [-0.15, -0.1) is 0 Å². The monoisotopic (exact) mass is 348 g/mol. The standard InChI is InChI=1S/C22H24N2O2/c25-21(16-15-17-9-3-1-4-10-17)24-20-14-8-7-13-19(20)22(26)23-18-11-5-2-6-12-18/h1,3-4,7-10,13-16,18H,2,5-6,11-12H2,(H,23,26)(H,24,25). The first-order valence-corrected chi connectivity index (χ1v) is 9.16. The number of hydrogen-bond acceptors (Lipinski definition) is 2. The number of anilines is 1. The molecule has 2 aromatic rings. The molecule has 0 aliphatic heterocycles. The molecule has 0 heterocycles. The summed E-state index contributed by atoms with van der Waals surface area (Å²) >= 11 is 0. The summed E-state index contributed by atoms with van der Waals surface area (Å²) in [6.45, 7) is 0. The molecule has 3 rings (SSSR count). The number of para-hydroxylation sites is 1. The molecule has 134 valence electrons. The van der Waals surface area contributed by atoms with Gasteiger partial charge in [0.2, 0.25) is 5.91 Å². The van der Waals surface area contributed by atoms with Crippen LogP contribution in [0.15, 0.2) is 60.7 Å². The van der Waals surface area contributed by atoms with E-state index in [0.29, 0.717) is 11.3 Å². The molecule has 2 N–H and O–H groups in total. The molecule has 1 fully saturated rings. The lowest BCUT2D eigenvalue weighted by Gasteiger charge is -2.23. The molecular formula is C22H24N2O2. The molecule has 0 aromatic heterocycles. The van der Waals surface area contributed by atoms with Crippen LogP contribution in [0.2, 0.25) is 0 Å². The molecule has 0 bridgehead atoms. The summed E-state index contributed by atoms with van der Waals surface area (Å²) in [4.78, 5) is 24.8. The maximum atomic E-state index is 12.6. The first kappa shape index (κ1) is 17.9. The smallest absolute Gasteiger partial charge is 0.253 e. The van der Waals surface area contributed by atoms with Crippen molar-refractivity contribution in [3.8, 4) is 0 Å². The molecule has 1 saturated carbocycles. The molecule has 2 aromatic carbocycles. The van der Waals surface area contributed by atoms with E-state index in [1.807, 2.05) is 42.5 Å². The van der Waals surface area contributed by atoms with Crippen LogP contribution in [0.3, 0.4) is 0 Å². The van der Waals surface area contributed by atoms with Crippen LogP contribution in [0.5, 0.6) is 0 Å². The Morgan fingerprint density at radius 1 is 0.885 bits per heavy atom. The maximum Gasteiger partial charge on any atom is 0.253 e. The van der Waals surface area contributed by atoms with Crippen molar-refractivity contribution in [1.82, 2.24) is 5.32 Å². The van der Waals surface area contributed by atoms with Crippen molar-refractivity contribution in [2.75, 3.05) is 5.32 Å². The van der Waals surface area contributed by atoms with Crippen molar-refractivity contribution in [3.63, 3.8) is 0 Å². The Morgan fingerprint density at radius 2 is 1.58 bits per heavy atom. The second-order valence-corrected chi connectivity index (χ2v) is 6.59. The van der Waals surface area contributed by atoms with Gasteiger partial charge >= 0.3 is 0 Å². The summed E-state index contributed by atoms with van der Waals surface area (Å²) in [5.74, 6) is -0.383. The van der Waals surface area contributed by atoms with Crippen molar-refractivity contribution in [2.45, 2.75) is 38.1 Å². The minimum absolute atomic E-state index is 0.125. The highest BCUT2D eigenvalue weighted by molar-refractivity contribution is 6.07. The van der Waals surface area contributed by atoms with Crippen molar-refractivity contribution < 1.29 is 9.59 Å². The van der Waals surface area contributed by atoms with E-state index in [-0.39, 0.29) is 17.9 Å². The van der Waals surface area contributed by atoms with E-state index in [1.54, 1.807) is 18.2 Å². The summed E-state index contributed by atoms with van der Waals surface area (Å²) in [6.07, 6.45) is 8.85. The summed E-state index contributed by atoms with van der Waals surface area (Å²) in [5.41, 5.74) is 1.98. The lowest BCUT2D eigenvalue weighted by Crippen LogP contribution is -2.36. The first-order chi connectivity index (χ1) is 12.7. The SMILES string of the molecule is O=C(C=Cc1ccccc1)Nc1ccccc1C(=O)NC1CCCCC1. The molecule has 4 heteroatoms. The number of carbonyl (C=O) groups is 2. The van der Waals surface area contributed by atoms with Crippen LogP contribution in [-0.4, -0.2) is 17.9 Å². The van der Waals surface area contributed by atoms with Crippen LogP contribution in [0.25, 0.3) is 6.08 Å². The minimum Gasteiger partial charge on any atom is -0.349 e. The topological polar surface area (TPSA) is 58.2 Å². The summed E-state index contributed by atoms with van der Waals surface area (Å²) in [7, 11) is 0. The lowest BCUT2D eigenvalue weighted by atomic mass is 9.95. The highest BCUT2D eigenvalue weighted by atomic mass is 16.2. The van der Waals surface area contributed by atoms with E-state index >= 15 is 0 Å². The molecular weight excluding hydrogens is 324 g/mol. The van der Waals surface area contributed by atoms with Crippen molar-refractivity contribution in [3.05, 3.63) is 71.8 Å². The van der Waals surface area contributed by atoms with Gasteiger partial charge < -0.3 is 10.6 Å². The van der Waals surface area contributed by atoms with Gasteiger partial charge in [0.1, 0.15) is 0 Å². The molecule has 0 unspecified atom stereocenters. The number of hydrogen-bond donors (Lipinski definition) is 2. The second kappa shape index (κ2) is 8.99. The molecule has 1 aliphatic carbocycles. The number of amides is 2. The fourth-order valence-corrected chi connectivity index (χ4v) is 3.21. The van der Waals surface area contributed by atoms with E-state index in [9.17, 15) is 9.59 Å². The fraction of sp³-hybridized carbons (Fsp3) is 0.273. The van der Waals surface area contributed by atoms with E-state index in [2.05, 4.69) is 10.6 Å². The van der Waals surface area contributed by atoms with Gasteiger partial charge in [-0.2, -0.15) is 0 Å². The first-order valence-electron chi connectivity index (χ1n) is 9.16. The number of rotatable bonds is 5. The normalized spacial score (nSPS) is 14.9. The third-order valence-electron chi connectivity index (χ3n) is 4.60. The molecule has 4 nitrogen and oxygen atoms in total. The van der Waals surface area contributed by atoms with Gasteiger partial charge in [0, 0.05) is 12.1 Å². The predicted molar refractivity (Wildman–Crippen MR) is 105 cm³/mol. The van der Waals surface area contributed by atoms with E-state index in [4.69, 9.17) is 0 Å². The third-order valence-corrected chi connectivity index (χ3v) is 4.60. The van der Waals surface area contributed by atoms with Crippen LogP contribution in [0.1, 0.15) is 48.0 Å². The third kappa shape index (κ3) is 5.06. The molecule has 0 atom stereocenters. The predicted octanol–water partition coefficient (Wildman–Crippen LogP) is 4.40. The van der Waals surface area contributed by atoms with Gasteiger partial charge in [-0.25, -0.2) is 0 Å². The quantitative estimate of drug-likeness (QED) is 0.787. The molecule has 0 saturated heterocycles.